The predicted octanol–water partition coefficient (Wildman–Crippen LogP) is 9.71. The van der Waals surface area contributed by atoms with Crippen molar-refractivity contribution >= 4 is 0 Å². The normalized spacial score (nSPS) is 33.1. The zero-order chi connectivity index (χ0) is 19.2. The van der Waals surface area contributed by atoms with Crippen molar-refractivity contribution in [1.82, 2.24) is 0 Å². The highest BCUT2D eigenvalue weighted by Gasteiger charge is 2.26. The van der Waals surface area contributed by atoms with Crippen LogP contribution in [0.15, 0.2) is 0 Å². The highest BCUT2D eigenvalue weighted by molar-refractivity contribution is 4.78. The molecule has 0 aromatic carbocycles. The summed E-state index contributed by atoms with van der Waals surface area (Å²) in [5.74, 6) is 4.26. The molecule has 0 heterocycles. The standard InChI is InChI=1S/C27H52/c1-3-5-15-25-16-12-10-8-6-7-9-11-13-18-26(19-14-17-25)27-22-20-24(4-2)21-23-27/h24-27H,3-23H2,1-2H3. The average Bonchev–Trinajstić information content (AvgIpc) is 2.71. The fourth-order valence-electron chi connectivity index (χ4n) is 6.18. The van der Waals surface area contributed by atoms with Gasteiger partial charge in [0.25, 0.3) is 0 Å². The monoisotopic (exact) mass is 376 g/mol. The molecule has 0 saturated heterocycles. The fourth-order valence-corrected chi connectivity index (χ4v) is 6.18. The maximum absolute atomic E-state index is 2.41. The first-order valence-electron chi connectivity index (χ1n) is 13.3. The van der Waals surface area contributed by atoms with E-state index in [0.717, 1.165) is 23.7 Å². The molecule has 0 aliphatic heterocycles. The lowest BCUT2D eigenvalue weighted by Gasteiger charge is -2.34. The number of hydrogen-bond donors (Lipinski definition) is 0. The summed E-state index contributed by atoms with van der Waals surface area (Å²) in [6.45, 7) is 4.78. The van der Waals surface area contributed by atoms with Gasteiger partial charge in [0.2, 0.25) is 0 Å². The maximum atomic E-state index is 2.41. The third-order valence-electron chi connectivity index (χ3n) is 8.23. The molecule has 2 rings (SSSR count). The van der Waals surface area contributed by atoms with Crippen molar-refractivity contribution in [3.05, 3.63) is 0 Å². The Morgan fingerprint density at radius 2 is 1.00 bits per heavy atom. The summed E-state index contributed by atoms with van der Waals surface area (Å²) in [6, 6.07) is 0. The summed E-state index contributed by atoms with van der Waals surface area (Å²) in [7, 11) is 0. The van der Waals surface area contributed by atoms with Crippen LogP contribution in [0.3, 0.4) is 0 Å². The van der Waals surface area contributed by atoms with Crippen LogP contribution in [0.25, 0.3) is 0 Å². The highest BCUT2D eigenvalue weighted by atomic mass is 14.3. The zero-order valence-electron chi connectivity index (χ0n) is 19.2. The molecular weight excluding hydrogens is 324 g/mol. The molecule has 0 aromatic heterocycles. The molecule has 2 fully saturated rings. The molecule has 2 unspecified atom stereocenters. The van der Waals surface area contributed by atoms with E-state index in [0.29, 0.717) is 0 Å². The minimum absolute atomic E-state index is 1.05. The second-order valence-corrected chi connectivity index (χ2v) is 10.3. The van der Waals surface area contributed by atoms with Crippen LogP contribution in [0.2, 0.25) is 0 Å². The molecular formula is C27H52. The molecule has 0 N–H and O–H groups in total. The zero-order valence-corrected chi connectivity index (χ0v) is 19.2. The van der Waals surface area contributed by atoms with E-state index in [-0.39, 0.29) is 0 Å². The van der Waals surface area contributed by atoms with Crippen LogP contribution in [0.4, 0.5) is 0 Å². The molecule has 2 aliphatic carbocycles. The summed E-state index contributed by atoms with van der Waals surface area (Å²) >= 11 is 0. The van der Waals surface area contributed by atoms with E-state index < -0.39 is 0 Å². The number of unbranched alkanes of at least 4 members (excludes halogenated alkanes) is 1. The van der Waals surface area contributed by atoms with Crippen molar-refractivity contribution in [3.8, 4) is 0 Å². The molecule has 0 amide bonds. The van der Waals surface area contributed by atoms with Crippen molar-refractivity contribution in [2.45, 2.75) is 149 Å². The van der Waals surface area contributed by atoms with Gasteiger partial charge in [-0.25, -0.2) is 0 Å². The quantitative estimate of drug-likeness (QED) is 0.448. The van der Waals surface area contributed by atoms with Gasteiger partial charge in [-0.1, -0.05) is 136 Å². The van der Waals surface area contributed by atoms with E-state index in [1.165, 1.54) is 103 Å². The molecule has 27 heavy (non-hydrogen) atoms. The van der Waals surface area contributed by atoms with Crippen molar-refractivity contribution < 1.29 is 0 Å². The van der Waals surface area contributed by atoms with Crippen LogP contribution in [-0.4, -0.2) is 0 Å². The molecule has 160 valence electrons. The minimum atomic E-state index is 1.05. The molecule has 2 saturated carbocycles. The van der Waals surface area contributed by atoms with Crippen LogP contribution in [0.1, 0.15) is 149 Å². The van der Waals surface area contributed by atoms with Crippen LogP contribution >= 0.6 is 0 Å². The second-order valence-electron chi connectivity index (χ2n) is 10.3. The van der Waals surface area contributed by atoms with Gasteiger partial charge in [0.1, 0.15) is 0 Å². The first-order chi connectivity index (χ1) is 13.3. The van der Waals surface area contributed by atoms with Crippen molar-refractivity contribution in [2.24, 2.45) is 23.7 Å². The van der Waals surface area contributed by atoms with Gasteiger partial charge in [0, 0.05) is 0 Å². The maximum Gasteiger partial charge on any atom is -0.0386 e. The summed E-state index contributed by atoms with van der Waals surface area (Å²) in [4.78, 5) is 0. The van der Waals surface area contributed by atoms with Gasteiger partial charge < -0.3 is 0 Å². The van der Waals surface area contributed by atoms with E-state index in [1.807, 2.05) is 0 Å². The third kappa shape index (κ3) is 9.85. The van der Waals surface area contributed by atoms with Crippen LogP contribution < -0.4 is 0 Å². The average molecular weight is 377 g/mol. The summed E-state index contributed by atoms with van der Waals surface area (Å²) in [5.41, 5.74) is 0. The van der Waals surface area contributed by atoms with E-state index >= 15 is 0 Å². The third-order valence-corrected chi connectivity index (χ3v) is 8.23. The first-order valence-corrected chi connectivity index (χ1v) is 13.3. The summed E-state index contributed by atoms with van der Waals surface area (Å²) < 4.78 is 0. The predicted molar refractivity (Wildman–Crippen MR) is 122 cm³/mol. The number of rotatable bonds is 5. The SMILES string of the molecule is CCCCC1CCCCCCCCCCC(C2CCC(CC)CC2)CCC1. The van der Waals surface area contributed by atoms with Gasteiger partial charge in [-0.3, -0.25) is 0 Å². The molecule has 0 nitrogen and oxygen atoms in total. The lowest BCUT2D eigenvalue weighted by Crippen LogP contribution is -2.22. The van der Waals surface area contributed by atoms with Gasteiger partial charge in [0.15, 0.2) is 0 Å². The Morgan fingerprint density at radius 3 is 1.63 bits per heavy atom. The van der Waals surface area contributed by atoms with Gasteiger partial charge in [-0.15, -0.1) is 0 Å². The van der Waals surface area contributed by atoms with Gasteiger partial charge in [-0.2, -0.15) is 0 Å². The van der Waals surface area contributed by atoms with Gasteiger partial charge in [0.05, 0.1) is 0 Å². The second kappa shape index (κ2) is 14.9. The van der Waals surface area contributed by atoms with E-state index in [4.69, 9.17) is 0 Å². The van der Waals surface area contributed by atoms with E-state index in [2.05, 4.69) is 13.8 Å². The lowest BCUT2D eigenvalue weighted by molar-refractivity contribution is 0.176. The molecule has 0 spiro atoms. The first kappa shape index (κ1) is 23.3. The molecule has 0 aromatic rings. The summed E-state index contributed by atoms with van der Waals surface area (Å²) in [5, 5.41) is 0. The van der Waals surface area contributed by atoms with Crippen LogP contribution in [-0.2, 0) is 0 Å². The molecule has 2 aliphatic rings. The van der Waals surface area contributed by atoms with Crippen LogP contribution in [0, 0.1) is 23.7 Å². The van der Waals surface area contributed by atoms with E-state index in [1.54, 1.807) is 32.1 Å². The Labute approximate surface area is 172 Å². The molecule has 0 heteroatoms. The smallest absolute Gasteiger partial charge is 0.0386 e. The minimum Gasteiger partial charge on any atom is -0.0654 e. The van der Waals surface area contributed by atoms with Crippen molar-refractivity contribution in [1.29, 1.82) is 0 Å². The Morgan fingerprint density at radius 1 is 0.481 bits per heavy atom. The molecule has 0 radical (unpaired) electrons. The lowest BCUT2D eigenvalue weighted by atomic mass is 9.72. The topological polar surface area (TPSA) is 0 Å². The van der Waals surface area contributed by atoms with Crippen molar-refractivity contribution in [2.75, 3.05) is 0 Å². The highest BCUT2D eigenvalue weighted by Crippen LogP contribution is 2.39. The van der Waals surface area contributed by atoms with Crippen LogP contribution in [0.5, 0.6) is 0 Å². The largest absolute Gasteiger partial charge is 0.0654 e. The Balaban J connectivity index is 1.84. The van der Waals surface area contributed by atoms with Gasteiger partial charge in [-0.05, 0) is 36.5 Å². The van der Waals surface area contributed by atoms with Crippen molar-refractivity contribution in [3.63, 3.8) is 0 Å². The fraction of sp³-hybridized carbons (Fsp3) is 1.00. The molecule has 2 atom stereocenters. The van der Waals surface area contributed by atoms with E-state index in [9.17, 15) is 0 Å². The van der Waals surface area contributed by atoms with Gasteiger partial charge >= 0.3 is 0 Å². The number of hydrogen-bond acceptors (Lipinski definition) is 0. The Hall–Kier alpha value is 0. The molecule has 0 bridgehead atoms. The Kier molecular flexibility index (Phi) is 12.9. The Bertz CT molecular complexity index is 325. The summed E-state index contributed by atoms with van der Waals surface area (Å²) in [6.07, 6.45) is 31.8.